The fourth-order valence-corrected chi connectivity index (χ4v) is 3.33. The average molecular weight is 310 g/mol. The van der Waals surface area contributed by atoms with Gasteiger partial charge in [-0.05, 0) is 56.0 Å². The van der Waals surface area contributed by atoms with Crippen LogP contribution in [0.2, 0.25) is 0 Å². The molecule has 0 saturated carbocycles. The highest BCUT2D eigenvalue weighted by Gasteiger charge is 2.27. The highest BCUT2D eigenvalue weighted by atomic mass is 32.1. The van der Waals surface area contributed by atoms with E-state index in [9.17, 15) is 0 Å². The minimum absolute atomic E-state index is 0.326. The molecule has 2 nitrogen and oxygen atoms in total. The highest BCUT2D eigenvalue weighted by Crippen LogP contribution is 2.30. The molecule has 1 aromatic carbocycles. The quantitative estimate of drug-likeness (QED) is 0.683. The summed E-state index contributed by atoms with van der Waals surface area (Å²) in [5.41, 5.74) is 1.61. The fourth-order valence-electron chi connectivity index (χ4n) is 2.78. The Labute approximate surface area is 136 Å². The third kappa shape index (κ3) is 4.93. The van der Waals surface area contributed by atoms with Crippen LogP contribution in [-0.4, -0.2) is 37.4 Å². The molecule has 0 fully saturated rings. The summed E-state index contributed by atoms with van der Waals surface area (Å²) >= 11 is 4.59. The first-order valence-electron chi connectivity index (χ1n) is 7.95. The van der Waals surface area contributed by atoms with E-state index in [1.807, 2.05) is 12.1 Å². The van der Waals surface area contributed by atoms with Crippen LogP contribution in [0.3, 0.4) is 0 Å². The number of hydrogen-bond donors (Lipinski definition) is 1. The van der Waals surface area contributed by atoms with E-state index >= 15 is 0 Å². The van der Waals surface area contributed by atoms with E-state index in [2.05, 4.69) is 57.5 Å². The van der Waals surface area contributed by atoms with E-state index in [1.165, 1.54) is 18.4 Å². The fraction of sp³-hybridized carbons (Fsp3) is 0.667. The zero-order valence-corrected chi connectivity index (χ0v) is 15.1. The summed E-state index contributed by atoms with van der Waals surface area (Å²) in [7, 11) is 3.97. The normalized spacial score (nSPS) is 13.5. The van der Waals surface area contributed by atoms with E-state index in [4.69, 9.17) is 4.74 Å². The van der Waals surface area contributed by atoms with Gasteiger partial charge >= 0.3 is 0 Å². The van der Waals surface area contributed by atoms with Crippen LogP contribution in [0.25, 0.3) is 0 Å². The third-order valence-electron chi connectivity index (χ3n) is 4.88. The average Bonchev–Trinajstić information content (AvgIpc) is 2.53. The van der Waals surface area contributed by atoms with Crippen molar-refractivity contribution in [2.75, 3.05) is 26.5 Å². The van der Waals surface area contributed by atoms with Gasteiger partial charge < -0.3 is 9.64 Å². The van der Waals surface area contributed by atoms with Gasteiger partial charge in [-0.2, -0.15) is 12.6 Å². The van der Waals surface area contributed by atoms with Crippen LogP contribution >= 0.6 is 12.6 Å². The maximum Gasteiger partial charge on any atom is 0.122 e. The predicted molar refractivity (Wildman–Crippen MR) is 95.7 cm³/mol. The lowest BCUT2D eigenvalue weighted by Gasteiger charge is -2.37. The van der Waals surface area contributed by atoms with E-state index in [1.54, 1.807) is 7.11 Å². The van der Waals surface area contributed by atoms with Crippen molar-refractivity contribution in [1.29, 1.82) is 0 Å². The zero-order chi connectivity index (χ0) is 15.9. The molecular formula is C18H31NOS. The minimum Gasteiger partial charge on any atom is -0.496 e. The second-order valence-corrected chi connectivity index (χ2v) is 6.46. The summed E-state index contributed by atoms with van der Waals surface area (Å²) in [5.74, 6) is 1.94. The van der Waals surface area contributed by atoms with Gasteiger partial charge in [-0.3, -0.25) is 0 Å². The van der Waals surface area contributed by atoms with Crippen molar-refractivity contribution in [3.8, 4) is 5.75 Å². The molecule has 1 unspecified atom stereocenters. The smallest absolute Gasteiger partial charge is 0.122 e. The number of methoxy groups -OCH3 is 1. The van der Waals surface area contributed by atoms with Gasteiger partial charge in [0.25, 0.3) is 0 Å². The van der Waals surface area contributed by atoms with Gasteiger partial charge in [0.05, 0.1) is 7.11 Å². The Balaban J connectivity index is 2.72. The molecule has 0 spiro atoms. The number of likely N-dealkylation sites (N-methyl/N-ethyl adjacent to an activating group) is 1. The number of hydrogen-bond acceptors (Lipinski definition) is 3. The van der Waals surface area contributed by atoms with Crippen molar-refractivity contribution in [3.63, 3.8) is 0 Å². The van der Waals surface area contributed by atoms with Crippen LogP contribution in [-0.2, 0) is 6.42 Å². The molecule has 0 saturated heterocycles. The minimum atomic E-state index is 0.326. The molecule has 1 aromatic rings. The molecular weight excluding hydrogens is 278 g/mol. The molecule has 0 aliphatic heterocycles. The Kier molecular flexibility index (Phi) is 7.61. The lowest BCUT2D eigenvalue weighted by molar-refractivity contribution is 0.149. The summed E-state index contributed by atoms with van der Waals surface area (Å²) in [6, 6.07) is 8.79. The van der Waals surface area contributed by atoms with Gasteiger partial charge in [0.15, 0.2) is 0 Å². The number of para-hydroxylation sites is 1. The second-order valence-electron chi connectivity index (χ2n) is 6.15. The molecule has 0 radical (unpaired) electrons. The molecule has 0 aliphatic rings. The third-order valence-corrected chi connectivity index (χ3v) is 5.55. The van der Waals surface area contributed by atoms with Crippen LogP contribution < -0.4 is 4.74 Å². The standard InChI is InChI=1S/C18H31NOS/c1-6-18(7-2,14-21)13-19(4)15(3)12-16-10-8-9-11-17(16)20-5/h8-11,15,21H,6-7,12-14H2,1-5H3. The monoisotopic (exact) mass is 309 g/mol. The first kappa shape index (κ1) is 18.4. The number of rotatable bonds is 9. The summed E-state index contributed by atoms with van der Waals surface area (Å²) in [5, 5.41) is 0. The molecule has 21 heavy (non-hydrogen) atoms. The topological polar surface area (TPSA) is 12.5 Å². The van der Waals surface area contributed by atoms with Gasteiger partial charge in [-0.25, -0.2) is 0 Å². The number of thiol groups is 1. The number of benzene rings is 1. The Morgan fingerprint density at radius 3 is 2.38 bits per heavy atom. The molecule has 0 N–H and O–H groups in total. The van der Waals surface area contributed by atoms with Gasteiger partial charge in [0.2, 0.25) is 0 Å². The van der Waals surface area contributed by atoms with Gasteiger partial charge in [-0.15, -0.1) is 0 Å². The Bertz CT molecular complexity index is 409. The van der Waals surface area contributed by atoms with Gasteiger partial charge in [0.1, 0.15) is 5.75 Å². The molecule has 0 bridgehead atoms. The molecule has 1 atom stereocenters. The van der Waals surface area contributed by atoms with Gasteiger partial charge in [0, 0.05) is 12.6 Å². The SMILES string of the molecule is CCC(CC)(CS)CN(C)C(C)Cc1ccccc1OC. The van der Waals surface area contributed by atoms with Crippen LogP contribution in [0.1, 0.15) is 39.2 Å². The van der Waals surface area contributed by atoms with E-state index < -0.39 is 0 Å². The Hall–Kier alpha value is -0.670. The lowest BCUT2D eigenvalue weighted by Crippen LogP contribution is -2.41. The van der Waals surface area contributed by atoms with Crippen LogP contribution in [0.15, 0.2) is 24.3 Å². The largest absolute Gasteiger partial charge is 0.496 e. The lowest BCUT2D eigenvalue weighted by atomic mass is 9.83. The summed E-state index contributed by atoms with van der Waals surface area (Å²) in [4.78, 5) is 2.47. The molecule has 3 heteroatoms. The molecule has 0 heterocycles. The molecule has 0 aromatic heterocycles. The summed E-state index contributed by atoms with van der Waals surface area (Å²) in [6.45, 7) is 7.94. The maximum absolute atomic E-state index is 5.46. The van der Waals surface area contributed by atoms with Crippen LogP contribution in [0.5, 0.6) is 5.75 Å². The number of nitrogens with zero attached hydrogens (tertiary/aromatic N) is 1. The van der Waals surface area contributed by atoms with Crippen molar-refractivity contribution in [3.05, 3.63) is 29.8 Å². The van der Waals surface area contributed by atoms with Crippen molar-refractivity contribution in [2.45, 2.75) is 46.1 Å². The Morgan fingerprint density at radius 1 is 1.24 bits per heavy atom. The molecule has 1 rings (SSSR count). The maximum atomic E-state index is 5.46. The molecule has 0 aliphatic carbocycles. The second kappa shape index (κ2) is 8.70. The number of ether oxygens (including phenoxy) is 1. The van der Waals surface area contributed by atoms with Crippen molar-refractivity contribution in [2.24, 2.45) is 5.41 Å². The molecule has 0 amide bonds. The first-order valence-corrected chi connectivity index (χ1v) is 8.58. The zero-order valence-electron chi connectivity index (χ0n) is 14.2. The highest BCUT2D eigenvalue weighted by molar-refractivity contribution is 7.80. The summed E-state index contributed by atoms with van der Waals surface area (Å²) < 4.78 is 5.46. The van der Waals surface area contributed by atoms with Crippen molar-refractivity contribution >= 4 is 12.6 Å². The van der Waals surface area contributed by atoms with E-state index in [0.717, 1.165) is 24.5 Å². The van der Waals surface area contributed by atoms with Crippen molar-refractivity contribution < 1.29 is 4.74 Å². The first-order chi connectivity index (χ1) is 10.0. The van der Waals surface area contributed by atoms with Crippen molar-refractivity contribution in [1.82, 2.24) is 4.90 Å². The van der Waals surface area contributed by atoms with E-state index in [0.29, 0.717) is 11.5 Å². The van der Waals surface area contributed by atoms with Crippen LogP contribution in [0, 0.1) is 5.41 Å². The Morgan fingerprint density at radius 2 is 1.86 bits per heavy atom. The van der Waals surface area contributed by atoms with Gasteiger partial charge in [-0.1, -0.05) is 32.0 Å². The molecule has 120 valence electrons. The summed E-state index contributed by atoms with van der Waals surface area (Å²) in [6.07, 6.45) is 3.37. The van der Waals surface area contributed by atoms with Crippen LogP contribution in [0.4, 0.5) is 0 Å². The van der Waals surface area contributed by atoms with E-state index in [-0.39, 0.29) is 0 Å². The predicted octanol–water partition coefficient (Wildman–Crippen LogP) is 4.29.